The Morgan fingerprint density at radius 2 is 2.38 bits per heavy atom. The van der Waals surface area contributed by atoms with Crippen LogP contribution in [0.1, 0.15) is 24.9 Å². The predicted molar refractivity (Wildman–Crippen MR) is 52.5 cm³/mol. The molecule has 2 unspecified atom stereocenters. The Morgan fingerprint density at radius 3 is 2.92 bits per heavy atom. The molecule has 2 atom stereocenters. The summed E-state index contributed by atoms with van der Waals surface area (Å²) in [7, 11) is 0. The molecular formula is C9H13ClN2O. The number of nitrogens with two attached hydrogens (primary N) is 1. The van der Waals surface area contributed by atoms with E-state index in [0.717, 1.165) is 0 Å². The number of halogens is 1. The van der Waals surface area contributed by atoms with Crippen LogP contribution < -0.4 is 5.73 Å². The Balaban J connectivity index is 2.88. The molecule has 0 aliphatic carbocycles. The van der Waals surface area contributed by atoms with Crippen LogP contribution >= 0.6 is 11.6 Å². The van der Waals surface area contributed by atoms with Crippen LogP contribution in [0, 0.1) is 0 Å². The van der Waals surface area contributed by atoms with Gasteiger partial charge in [0.05, 0.1) is 12.1 Å². The second kappa shape index (κ2) is 4.56. The third-order valence-electron chi connectivity index (χ3n) is 1.98. The van der Waals surface area contributed by atoms with Gasteiger partial charge in [0.15, 0.2) is 0 Å². The summed E-state index contributed by atoms with van der Waals surface area (Å²) in [6.45, 7) is 1.87. The summed E-state index contributed by atoms with van der Waals surface area (Å²) in [6, 6.07) is 3.08. The lowest BCUT2D eigenvalue weighted by Crippen LogP contribution is -2.25. The van der Waals surface area contributed by atoms with E-state index >= 15 is 0 Å². The summed E-state index contributed by atoms with van der Waals surface area (Å²) in [6.07, 6.45) is 1.63. The van der Waals surface area contributed by atoms with E-state index in [1.54, 1.807) is 18.3 Å². The van der Waals surface area contributed by atoms with E-state index in [0.29, 0.717) is 17.1 Å². The summed E-state index contributed by atoms with van der Waals surface area (Å²) >= 11 is 5.82. The van der Waals surface area contributed by atoms with Crippen LogP contribution in [0.2, 0.25) is 5.15 Å². The monoisotopic (exact) mass is 200 g/mol. The van der Waals surface area contributed by atoms with Gasteiger partial charge in [-0.15, -0.1) is 0 Å². The van der Waals surface area contributed by atoms with Crippen molar-refractivity contribution in [3.8, 4) is 0 Å². The normalized spacial score (nSPS) is 15.4. The molecule has 0 aliphatic rings. The van der Waals surface area contributed by atoms with E-state index < -0.39 is 12.1 Å². The van der Waals surface area contributed by atoms with Crippen LogP contribution in [0.4, 0.5) is 0 Å². The highest BCUT2D eigenvalue weighted by molar-refractivity contribution is 6.30. The van der Waals surface area contributed by atoms with E-state index in [-0.39, 0.29) is 0 Å². The van der Waals surface area contributed by atoms with E-state index in [1.165, 1.54) is 0 Å². The summed E-state index contributed by atoms with van der Waals surface area (Å²) in [4.78, 5) is 3.89. The van der Waals surface area contributed by atoms with Crippen molar-refractivity contribution >= 4 is 11.6 Å². The van der Waals surface area contributed by atoms with Gasteiger partial charge in [-0.05, 0) is 12.5 Å². The molecule has 0 fully saturated rings. The quantitative estimate of drug-likeness (QED) is 0.728. The minimum absolute atomic E-state index is 0.363. The second-order valence-corrected chi connectivity index (χ2v) is 3.24. The zero-order chi connectivity index (χ0) is 9.84. The van der Waals surface area contributed by atoms with Crippen LogP contribution in [0.5, 0.6) is 0 Å². The number of rotatable bonds is 3. The largest absolute Gasteiger partial charge is 0.391 e. The van der Waals surface area contributed by atoms with Crippen LogP contribution in [0.3, 0.4) is 0 Å². The molecule has 3 N–H and O–H groups in total. The van der Waals surface area contributed by atoms with E-state index in [1.807, 2.05) is 6.92 Å². The first-order chi connectivity index (χ1) is 6.16. The fourth-order valence-electron chi connectivity index (χ4n) is 1.11. The first kappa shape index (κ1) is 10.4. The first-order valence-corrected chi connectivity index (χ1v) is 4.58. The molecule has 0 saturated heterocycles. The third kappa shape index (κ3) is 2.40. The first-order valence-electron chi connectivity index (χ1n) is 4.21. The SMILES string of the molecule is CCC(O)C(N)c1cccnc1Cl. The average molecular weight is 201 g/mol. The van der Waals surface area contributed by atoms with Crippen LogP contribution in [0.25, 0.3) is 0 Å². The standard InChI is InChI=1S/C9H13ClN2O/c1-2-7(13)8(11)6-4-3-5-12-9(6)10/h3-5,7-8,13H,2,11H2,1H3. The molecular weight excluding hydrogens is 188 g/mol. The van der Waals surface area contributed by atoms with Gasteiger partial charge in [0.25, 0.3) is 0 Å². The number of aromatic nitrogens is 1. The maximum atomic E-state index is 9.49. The fourth-order valence-corrected chi connectivity index (χ4v) is 1.35. The van der Waals surface area contributed by atoms with Gasteiger partial charge >= 0.3 is 0 Å². The predicted octanol–water partition coefficient (Wildman–Crippen LogP) is 1.51. The van der Waals surface area contributed by atoms with E-state index in [2.05, 4.69) is 4.98 Å². The number of hydrogen-bond acceptors (Lipinski definition) is 3. The fraction of sp³-hybridized carbons (Fsp3) is 0.444. The maximum absolute atomic E-state index is 9.49. The van der Waals surface area contributed by atoms with E-state index in [4.69, 9.17) is 17.3 Å². The molecule has 1 aromatic rings. The Kier molecular flexibility index (Phi) is 3.66. The second-order valence-electron chi connectivity index (χ2n) is 2.88. The summed E-state index contributed by atoms with van der Waals surface area (Å²) < 4.78 is 0. The van der Waals surface area contributed by atoms with Gasteiger partial charge in [-0.25, -0.2) is 4.98 Å². The molecule has 1 aromatic heterocycles. The van der Waals surface area contributed by atoms with E-state index in [9.17, 15) is 5.11 Å². The summed E-state index contributed by atoms with van der Waals surface area (Å²) in [5.41, 5.74) is 6.47. The Hall–Kier alpha value is -0.640. The minimum Gasteiger partial charge on any atom is -0.391 e. The Labute approximate surface area is 82.5 Å². The highest BCUT2D eigenvalue weighted by atomic mass is 35.5. The van der Waals surface area contributed by atoms with Crippen molar-refractivity contribution in [1.29, 1.82) is 0 Å². The zero-order valence-corrected chi connectivity index (χ0v) is 8.20. The number of pyridine rings is 1. The van der Waals surface area contributed by atoms with Gasteiger partial charge in [0.1, 0.15) is 5.15 Å². The summed E-state index contributed by atoms with van der Waals surface area (Å²) in [5.74, 6) is 0. The number of nitrogens with zero attached hydrogens (tertiary/aromatic N) is 1. The molecule has 3 nitrogen and oxygen atoms in total. The molecule has 0 bridgehead atoms. The van der Waals surface area contributed by atoms with Gasteiger partial charge in [-0.1, -0.05) is 24.6 Å². The van der Waals surface area contributed by atoms with Crippen molar-refractivity contribution in [3.05, 3.63) is 29.0 Å². The molecule has 72 valence electrons. The number of aliphatic hydroxyl groups is 1. The van der Waals surface area contributed by atoms with Crippen molar-refractivity contribution in [1.82, 2.24) is 4.98 Å². The summed E-state index contributed by atoms with van der Waals surface area (Å²) in [5, 5.41) is 9.86. The molecule has 1 rings (SSSR count). The van der Waals surface area contributed by atoms with Crippen molar-refractivity contribution < 1.29 is 5.11 Å². The van der Waals surface area contributed by atoms with Crippen molar-refractivity contribution in [2.24, 2.45) is 5.73 Å². The molecule has 0 aromatic carbocycles. The smallest absolute Gasteiger partial charge is 0.133 e. The van der Waals surface area contributed by atoms with Gasteiger partial charge in [0.2, 0.25) is 0 Å². The number of aliphatic hydroxyl groups excluding tert-OH is 1. The Morgan fingerprint density at radius 1 is 1.69 bits per heavy atom. The molecule has 0 aliphatic heterocycles. The molecule has 4 heteroatoms. The highest BCUT2D eigenvalue weighted by Crippen LogP contribution is 2.22. The van der Waals surface area contributed by atoms with Gasteiger partial charge < -0.3 is 10.8 Å². The topological polar surface area (TPSA) is 59.1 Å². The molecule has 1 heterocycles. The van der Waals surface area contributed by atoms with Gasteiger partial charge in [-0.3, -0.25) is 0 Å². The van der Waals surface area contributed by atoms with Crippen molar-refractivity contribution in [2.75, 3.05) is 0 Å². The lowest BCUT2D eigenvalue weighted by Gasteiger charge is -2.17. The lowest BCUT2D eigenvalue weighted by molar-refractivity contribution is 0.140. The molecule has 13 heavy (non-hydrogen) atoms. The van der Waals surface area contributed by atoms with Crippen LogP contribution in [0.15, 0.2) is 18.3 Å². The van der Waals surface area contributed by atoms with Gasteiger partial charge in [0, 0.05) is 11.8 Å². The molecule has 0 radical (unpaired) electrons. The molecule has 0 amide bonds. The zero-order valence-electron chi connectivity index (χ0n) is 7.44. The van der Waals surface area contributed by atoms with Crippen molar-refractivity contribution in [3.63, 3.8) is 0 Å². The van der Waals surface area contributed by atoms with Crippen molar-refractivity contribution in [2.45, 2.75) is 25.5 Å². The lowest BCUT2D eigenvalue weighted by atomic mass is 10.0. The maximum Gasteiger partial charge on any atom is 0.133 e. The number of hydrogen-bond donors (Lipinski definition) is 2. The average Bonchev–Trinajstić information content (AvgIpc) is 2.16. The minimum atomic E-state index is -0.568. The molecule has 0 saturated carbocycles. The van der Waals surface area contributed by atoms with Crippen LogP contribution in [-0.2, 0) is 0 Å². The highest BCUT2D eigenvalue weighted by Gasteiger charge is 2.17. The molecule has 0 spiro atoms. The van der Waals surface area contributed by atoms with Gasteiger partial charge in [-0.2, -0.15) is 0 Å². The van der Waals surface area contributed by atoms with Crippen LogP contribution in [-0.4, -0.2) is 16.2 Å². The Bertz CT molecular complexity index is 280. The third-order valence-corrected chi connectivity index (χ3v) is 2.30.